The first kappa shape index (κ1) is 38.6. The van der Waals surface area contributed by atoms with Crippen molar-refractivity contribution in [3.05, 3.63) is 70.3 Å². The van der Waals surface area contributed by atoms with Crippen LogP contribution < -0.4 is 14.4 Å². The summed E-state index contributed by atoms with van der Waals surface area (Å²) in [5, 5.41) is -0.00845. The van der Waals surface area contributed by atoms with E-state index in [4.69, 9.17) is 21.1 Å². The van der Waals surface area contributed by atoms with Gasteiger partial charge in [-0.05, 0) is 118 Å². The third-order valence-electron chi connectivity index (χ3n) is 13.3. The van der Waals surface area contributed by atoms with Crippen molar-refractivity contribution in [2.24, 2.45) is 17.8 Å². The minimum atomic E-state index is -3.94. The minimum Gasteiger partial charge on any atom is -0.491 e. The van der Waals surface area contributed by atoms with Gasteiger partial charge in [-0.15, -0.1) is 0 Å². The summed E-state index contributed by atoms with van der Waals surface area (Å²) in [6.07, 6.45) is 14.8. The number of sulfonamides is 1. The molecule has 2 bridgehead atoms. The maximum atomic E-state index is 13.6. The van der Waals surface area contributed by atoms with Crippen molar-refractivity contribution in [2.75, 3.05) is 64.4 Å². The number of carbonyl (C=O) groups is 1. The molecular weight excluding hydrogens is 708 g/mol. The molecule has 0 radical (unpaired) electrons. The number of amides is 1. The quantitative estimate of drug-likeness (QED) is 0.343. The Hall–Kier alpha value is -2.63. The predicted octanol–water partition coefficient (Wildman–Crippen LogP) is 6.73. The van der Waals surface area contributed by atoms with Crippen molar-refractivity contribution in [3.63, 3.8) is 0 Å². The smallest absolute Gasteiger partial charge is 0.264 e. The molecule has 11 heteroatoms. The fraction of sp³-hybridized carbons (Fsp3) is 0.643. The van der Waals surface area contributed by atoms with Gasteiger partial charge in [0.1, 0.15) is 11.4 Å². The van der Waals surface area contributed by atoms with E-state index in [9.17, 15) is 13.2 Å². The number of fused-ring (bicyclic) bond motifs is 3. The summed E-state index contributed by atoms with van der Waals surface area (Å²) in [5.41, 5.74) is 3.18. The number of rotatable bonds is 4. The SMILES string of the molecule is CO[C@]1(CN2CCN(C3CCC3)CC2)/C=C/C[C@H](C)[C@@H](C)S(=O)(=O)NC(=O)c2ccc3c(c2)N(CCCCc2cc(Cl)ccc2CCO3)C[C@@H]2CC[C@H]21. The molecule has 3 fully saturated rings. The second kappa shape index (κ2) is 16.6. The topological polar surface area (TPSA) is 91.4 Å². The average Bonchev–Trinajstić information content (AvgIpc) is 3.10. The fourth-order valence-corrected chi connectivity index (χ4v) is 10.7. The van der Waals surface area contributed by atoms with E-state index < -0.39 is 26.8 Å². The van der Waals surface area contributed by atoms with Crippen LogP contribution in [0.4, 0.5) is 5.69 Å². The number of piperazine rings is 1. The molecule has 2 saturated carbocycles. The lowest BCUT2D eigenvalue weighted by Crippen LogP contribution is -2.59. The van der Waals surface area contributed by atoms with Crippen LogP contribution in [0.15, 0.2) is 48.6 Å². The van der Waals surface area contributed by atoms with Gasteiger partial charge in [0, 0.05) is 76.0 Å². The number of benzene rings is 2. The molecule has 1 N–H and O–H groups in total. The summed E-state index contributed by atoms with van der Waals surface area (Å²) in [7, 11) is -2.08. The van der Waals surface area contributed by atoms with Gasteiger partial charge in [0.05, 0.1) is 17.5 Å². The molecule has 7 rings (SSSR count). The molecule has 3 heterocycles. The molecule has 2 aromatic rings. The second-order valence-electron chi connectivity index (χ2n) is 16.4. The Morgan fingerprint density at radius 1 is 0.943 bits per heavy atom. The van der Waals surface area contributed by atoms with Crippen LogP contribution in [0.25, 0.3) is 0 Å². The number of allylic oxidation sites excluding steroid dienone is 1. The van der Waals surface area contributed by atoms with E-state index in [2.05, 4.69) is 43.7 Å². The van der Waals surface area contributed by atoms with Crippen molar-refractivity contribution in [2.45, 2.75) is 94.9 Å². The van der Waals surface area contributed by atoms with Crippen molar-refractivity contribution < 1.29 is 22.7 Å². The summed E-state index contributed by atoms with van der Waals surface area (Å²) in [6.45, 7) is 10.8. The number of nitrogens with zero attached hydrogens (tertiary/aromatic N) is 3. The second-order valence-corrected chi connectivity index (χ2v) is 18.9. The maximum Gasteiger partial charge on any atom is 0.264 e. The lowest BCUT2D eigenvalue weighted by Gasteiger charge is -2.52. The predicted molar refractivity (Wildman–Crippen MR) is 213 cm³/mol. The van der Waals surface area contributed by atoms with Gasteiger partial charge in [0.2, 0.25) is 10.0 Å². The van der Waals surface area contributed by atoms with Gasteiger partial charge in [0.25, 0.3) is 5.91 Å². The van der Waals surface area contributed by atoms with Gasteiger partial charge in [0.15, 0.2) is 0 Å². The number of methoxy groups -OCH3 is 1. The number of hydrogen-bond donors (Lipinski definition) is 1. The highest BCUT2D eigenvalue weighted by Crippen LogP contribution is 2.47. The molecular formula is C42H59ClN4O5S. The summed E-state index contributed by atoms with van der Waals surface area (Å²) in [4.78, 5) is 21.3. The molecule has 9 nitrogen and oxygen atoms in total. The number of hydrogen-bond acceptors (Lipinski definition) is 8. The van der Waals surface area contributed by atoms with E-state index in [0.717, 1.165) is 101 Å². The van der Waals surface area contributed by atoms with Gasteiger partial charge in [-0.25, -0.2) is 13.1 Å². The standard InChI is InChI=1S/C42H59ClN4O5S/c1-30-8-7-19-42(51-3,29-45-21-23-46(24-22-45)37-10-6-11-37)38-16-13-35(38)28-47-20-5-4-9-33-26-36(43)15-12-32(33)18-25-52-40-17-14-34(27-39(40)47)41(48)44-53(49,50)31(30)2/h7,12,14-15,17,19,26-27,30-31,35,37-38H,4-6,8-11,13,16,18,20-25,28-29H2,1-3H3,(H,44,48)/b19-7+/t30-,31+,35-,38+,42-/m0/s1. The summed E-state index contributed by atoms with van der Waals surface area (Å²) >= 11 is 6.42. The largest absolute Gasteiger partial charge is 0.491 e. The Labute approximate surface area is 322 Å². The molecule has 0 unspecified atom stereocenters. The van der Waals surface area contributed by atoms with E-state index in [1.165, 1.54) is 30.4 Å². The number of nitrogens with one attached hydrogen (secondary N) is 1. The number of halogens is 1. The molecule has 290 valence electrons. The molecule has 5 aliphatic rings. The van der Waals surface area contributed by atoms with Gasteiger partial charge in [-0.3, -0.25) is 14.6 Å². The van der Waals surface area contributed by atoms with Crippen molar-refractivity contribution in [1.29, 1.82) is 0 Å². The molecule has 3 aliphatic heterocycles. The van der Waals surface area contributed by atoms with Crippen LogP contribution in [0.1, 0.15) is 86.7 Å². The first-order chi connectivity index (χ1) is 25.5. The summed E-state index contributed by atoms with van der Waals surface area (Å²) in [5.74, 6) is 0.566. The van der Waals surface area contributed by atoms with Crippen LogP contribution in [-0.4, -0.2) is 101 Å². The molecule has 2 aliphatic carbocycles. The number of carbonyl (C=O) groups excluding carboxylic acids is 1. The van der Waals surface area contributed by atoms with E-state index in [1.807, 2.05) is 32.2 Å². The van der Waals surface area contributed by atoms with Gasteiger partial charge >= 0.3 is 0 Å². The Morgan fingerprint density at radius 3 is 2.47 bits per heavy atom. The Morgan fingerprint density at radius 2 is 1.75 bits per heavy atom. The maximum absolute atomic E-state index is 13.6. The first-order valence-electron chi connectivity index (χ1n) is 20.1. The fourth-order valence-electron chi connectivity index (χ4n) is 9.24. The first-order valence-corrected chi connectivity index (χ1v) is 22.0. The Kier molecular flexibility index (Phi) is 12.1. The van der Waals surface area contributed by atoms with Crippen LogP contribution in [0, 0.1) is 17.8 Å². The lowest BCUT2D eigenvalue weighted by molar-refractivity contribution is -0.0971. The molecule has 53 heavy (non-hydrogen) atoms. The zero-order valence-electron chi connectivity index (χ0n) is 31.9. The van der Waals surface area contributed by atoms with Crippen LogP contribution in [0.5, 0.6) is 5.75 Å². The van der Waals surface area contributed by atoms with E-state index in [-0.39, 0.29) is 5.92 Å². The molecule has 1 amide bonds. The Balaban J connectivity index is 1.22. The minimum absolute atomic E-state index is 0.205. The summed E-state index contributed by atoms with van der Waals surface area (Å²) in [6, 6.07) is 12.3. The van der Waals surface area contributed by atoms with E-state index >= 15 is 0 Å². The normalized spacial score (nSPS) is 31.2. The highest BCUT2D eigenvalue weighted by Gasteiger charge is 2.48. The van der Waals surface area contributed by atoms with Crippen molar-refractivity contribution >= 4 is 33.2 Å². The van der Waals surface area contributed by atoms with E-state index in [0.29, 0.717) is 36.2 Å². The van der Waals surface area contributed by atoms with Crippen LogP contribution in [0.2, 0.25) is 5.02 Å². The molecule has 0 spiro atoms. The number of aryl methyl sites for hydroxylation is 1. The molecule has 2 aromatic carbocycles. The highest BCUT2D eigenvalue weighted by molar-refractivity contribution is 7.90. The summed E-state index contributed by atoms with van der Waals surface area (Å²) < 4.78 is 42.8. The average molecular weight is 767 g/mol. The lowest BCUT2D eigenvalue weighted by atomic mass is 9.63. The van der Waals surface area contributed by atoms with Crippen LogP contribution in [-0.2, 0) is 27.6 Å². The molecule has 1 saturated heterocycles. The molecule has 0 aromatic heterocycles. The zero-order valence-corrected chi connectivity index (χ0v) is 33.5. The number of ether oxygens (including phenoxy) is 2. The third-order valence-corrected chi connectivity index (χ3v) is 15.4. The highest BCUT2D eigenvalue weighted by atomic mass is 35.5. The monoisotopic (exact) mass is 766 g/mol. The van der Waals surface area contributed by atoms with E-state index in [1.54, 1.807) is 13.0 Å². The van der Waals surface area contributed by atoms with Gasteiger partial charge < -0.3 is 14.4 Å². The third kappa shape index (κ3) is 8.62. The van der Waals surface area contributed by atoms with Crippen molar-refractivity contribution in [1.82, 2.24) is 14.5 Å². The van der Waals surface area contributed by atoms with Gasteiger partial charge in [-0.1, -0.05) is 43.2 Å². The van der Waals surface area contributed by atoms with Crippen molar-refractivity contribution in [3.8, 4) is 5.75 Å². The zero-order chi connectivity index (χ0) is 37.2. The van der Waals surface area contributed by atoms with Crippen LogP contribution in [0.3, 0.4) is 0 Å². The Bertz CT molecular complexity index is 1740. The van der Waals surface area contributed by atoms with Gasteiger partial charge in [-0.2, -0.15) is 0 Å². The number of anilines is 1. The molecule has 5 atom stereocenters. The van der Waals surface area contributed by atoms with Crippen LogP contribution >= 0.6 is 11.6 Å².